The number of aromatic hydroxyl groups is 1. The van der Waals surface area contributed by atoms with Crippen LogP contribution in [0.1, 0.15) is 21.5 Å². The topological polar surface area (TPSA) is 49.3 Å². The van der Waals surface area contributed by atoms with E-state index in [0.29, 0.717) is 16.1 Å². The fraction of sp³-hybridized carbons (Fsp3) is 0.364. The Hall–Kier alpha value is -1.06. The van der Waals surface area contributed by atoms with Crippen LogP contribution in [-0.2, 0) is 0 Å². The smallest absolute Gasteiger partial charge is 0.180 e. The number of rotatable bonds is 3. The molecule has 0 aliphatic carbocycles. The Balaban J connectivity index is 3.29. The monoisotopic (exact) mass is 227 g/mol. The molecular formula is C11H14ClNO2. The van der Waals surface area contributed by atoms with E-state index in [-0.39, 0.29) is 18.1 Å². The maximum Gasteiger partial charge on any atom is 0.180 e. The minimum Gasteiger partial charge on any atom is -0.507 e. The number of phenols is 1. The number of likely N-dealkylation sites (N-methyl/N-ethyl adjacent to an activating group) is 1. The van der Waals surface area contributed by atoms with Crippen molar-refractivity contribution in [3.8, 4) is 5.75 Å². The van der Waals surface area contributed by atoms with E-state index in [1.807, 2.05) is 0 Å². The van der Waals surface area contributed by atoms with Crippen LogP contribution in [0.25, 0.3) is 0 Å². The summed E-state index contributed by atoms with van der Waals surface area (Å²) in [4.78, 5) is 11.7. The minimum absolute atomic E-state index is 0.00495. The molecule has 0 bridgehead atoms. The van der Waals surface area contributed by atoms with Crippen LogP contribution < -0.4 is 5.32 Å². The third-order valence-corrected chi connectivity index (χ3v) is 2.86. The van der Waals surface area contributed by atoms with E-state index in [4.69, 9.17) is 11.6 Å². The summed E-state index contributed by atoms with van der Waals surface area (Å²) in [7, 11) is 1.68. The summed E-state index contributed by atoms with van der Waals surface area (Å²) in [6, 6.07) is 1.51. The molecule has 0 fully saturated rings. The highest BCUT2D eigenvalue weighted by atomic mass is 35.5. The van der Waals surface area contributed by atoms with Crippen LogP contribution in [0.5, 0.6) is 5.75 Å². The molecule has 0 heterocycles. The summed E-state index contributed by atoms with van der Waals surface area (Å²) in [6.45, 7) is 3.72. The van der Waals surface area contributed by atoms with Gasteiger partial charge in [-0.05, 0) is 38.1 Å². The molecule has 82 valence electrons. The van der Waals surface area contributed by atoms with Crippen molar-refractivity contribution in [1.29, 1.82) is 0 Å². The first-order valence-corrected chi connectivity index (χ1v) is 5.03. The Morgan fingerprint density at radius 2 is 2.13 bits per heavy atom. The second-order valence-electron chi connectivity index (χ2n) is 3.48. The van der Waals surface area contributed by atoms with Crippen molar-refractivity contribution in [3.63, 3.8) is 0 Å². The van der Waals surface area contributed by atoms with E-state index in [9.17, 15) is 9.90 Å². The number of Topliss-reactive ketones (excluding diaryl/α,β-unsaturated/α-hetero) is 1. The lowest BCUT2D eigenvalue weighted by molar-refractivity contribution is 0.0990. The van der Waals surface area contributed by atoms with Crippen molar-refractivity contribution in [3.05, 3.63) is 27.8 Å². The summed E-state index contributed by atoms with van der Waals surface area (Å²) >= 11 is 6.02. The van der Waals surface area contributed by atoms with Crippen molar-refractivity contribution in [2.45, 2.75) is 13.8 Å². The Morgan fingerprint density at radius 1 is 1.53 bits per heavy atom. The van der Waals surface area contributed by atoms with Gasteiger partial charge in [0.25, 0.3) is 0 Å². The zero-order valence-corrected chi connectivity index (χ0v) is 9.77. The molecule has 0 spiro atoms. The quantitative estimate of drug-likeness (QED) is 0.778. The van der Waals surface area contributed by atoms with Crippen molar-refractivity contribution in [2.75, 3.05) is 13.6 Å². The first-order valence-electron chi connectivity index (χ1n) is 4.65. The minimum atomic E-state index is -0.158. The first kappa shape index (κ1) is 12.0. The maximum atomic E-state index is 11.7. The second kappa shape index (κ2) is 4.64. The molecule has 0 atom stereocenters. The highest BCUT2D eigenvalue weighted by Gasteiger charge is 2.17. The molecule has 0 saturated heterocycles. The van der Waals surface area contributed by atoms with Crippen molar-refractivity contribution in [1.82, 2.24) is 5.32 Å². The van der Waals surface area contributed by atoms with Gasteiger partial charge in [-0.1, -0.05) is 11.6 Å². The standard InChI is InChI=1S/C11H14ClNO2/c1-6-4-8(14)10(7(2)11(6)12)9(15)5-13-3/h4,13-14H,5H2,1-3H3. The molecule has 0 aliphatic heterocycles. The van der Waals surface area contributed by atoms with Crippen molar-refractivity contribution >= 4 is 17.4 Å². The molecule has 0 saturated carbocycles. The highest BCUT2D eigenvalue weighted by Crippen LogP contribution is 2.30. The maximum absolute atomic E-state index is 11.7. The molecule has 0 aromatic heterocycles. The van der Waals surface area contributed by atoms with Gasteiger partial charge in [0, 0.05) is 5.02 Å². The van der Waals surface area contributed by atoms with Gasteiger partial charge in [0.2, 0.25) is 0 Å². The van der Waals surface area contributed by atoms with Crippen LogP contribution in [0, 0.1) is 13.8 Å². The number of ketones is 1. The van der Waals surface area contributed by atoms with Gasteiger partial charge in [-0.3, -0.25) is 4.79 Å². The van der Waals surface area contributed by atoms with Crippen LogP contribution in [0.2, 0.25) is 5.02 Å². The molecule has 0 amide bonds. The fourth-order valence-electron chi connectivity index (χ4n) is 1.54. The number of nitrogens with one attached hydrogen (secondary N) is 1. The predicted octanol–water partition coefficient (Wildman–Crippen LogP) is 2.06. The van der Waals surface area contributed by atoms with Crippen molar-refractivity contribution < 1.29 is 9.90 Å². The predicted molar refractivity (Wildman–Crippen MR) is 60.8 cm³/mol. The molecule has 0 radical (unpaired) electrons. The first-order chi connectivity index (χ1) is 6.99. The van der Waals surface area contributed by atoms with E-state index in [1.165, 1.54) is 6.07 Å². The zero-order valence-electron chi connectivity index (χ0n) is 9.02. The number of carbonyl (C=O) groups is 1. The summed E-state index contributed by atoms with van der Waals surface area (Å²) in [5.41, 5.74) is 1.71. The summed E-state index contributed by atoms with van der Waals surface area (Å²) in [5.74, 6) is -0.163. The summed E-state index contributed by atoms with van der Waals surface area (Å²) in [6.07, 6.45) is 0. The van der Waals surface area contributed by atoms with E-state index < -0.39 is 0 Å². The molecule has 1 aromatic rings. The average molecular weight is 228 g/mol. The van der Waals surface area contributed by atoms with Crippen LogP contribution >= 0.6 is 11.6 Å². The molecular weight excluding hydrogens is 214 g/mol. The van der Waals surface area contributed by atoms with E-state index in [1.54, 1.807) is 20.9 Å². The lowest BCUT2D eigenvalue weighted by atomic mass is 10.0. The second-order valence-corrected chi connectivity index (χ2v) is 3.86. The van der Waals surface area contributed by atoms with Gasteiger partial charge in [-0.15, -0.1) is 0 Å². The number of hydrogen-bond donors (Lipinski definition) is 2. The van der Waals surface area contributed by atoms with Crippen LogP contribution in [0.3, 0.4) is 0 Å². The van der Waals surface area contributed by atoms with Gasteiger partial charge in [-0.2, -0.15) is 0 Å². The number of halogens is 1. The van der Waals surface area contributed by atoms with Gasteiger partial charge in [0.15, 0.2) is 5.78 Å². The Kier molecular flexibility index (Phi) is 3.72. The van der Waals surface area contributed by atoms with E-state index >= 15 is 0 Å². The average Bonchev–Trinajstić information content (AvgIpc) is 2.15. The zero-order chi connectivity index (χ0) is 11.6. The van der Waals surface area contributed by atoms with Crippen LogP contribution in [0.4, 0.5) is 0 Å². The van der Waals surface area contributed by atoms with Crippen molar-refractivity contribution in [2.24, 2.45) is 0 Å². The normalized spacial score (nSPS) is 10.4. The van der Waals surface area contributed by atoms with Gasteiger partial charge in [0.1, 0.15) is 5.75 Å². The lowest BCUT2D eigenvalue weighted by Gasteiger charge is -2.11. The Morgan fingerprint density at radius 3 is 2.67 bits per heavy atom. The molecule has 1 rings (SSSR count). The highest BCUT2D eigenvalue weighted by molar-refractivity contribution is 6.32. The molecule has 15 heavy (non-hydrogen) atoms. The van der Waals surface area contributed by atoms with Gasteiger partial charge >= 0.3 is 0 Å². The molecule has 0 unspecified atom stereocenters. The number of benzene rings is 1. The largest absolute Gasteiger partial charge is 0.507 e. The van der Waals surface area contributed by atoms with Gasteiger partial charge in [0.05, 0.1) is 12.1 Å². The number of carbonyl (C=O) groups excluding carboxylic acids is 1. The SMILES string of the molecule is CNCC(=O)c1c(O)cc(C)c(Cl)c1C. The molecule has 3 nitrogen and oxygen atoms in total. The fourth-order valence-corrected chi connectivity index (χ4v) is 1.69. The molecule has 1 aromatic carbocycles. The third-order valence-electron chi connectivity index (χ3n) is 2.28. The van der Waals surface area contributed by atoms with Crippen LogP contribution in [0.15, 0.2) is 6.07 Å². The number of hydrogen-bond acceptors (Lipinski definition) is 3. The summed E-state index contributed by atoms with van der Waals surface area (Å²) in [5, 5.41) is 13.0. The number of aryl methyl sites for hydroxylation is 1. The number of phenolic OH excluding ortho intramolecular Hbond substituents is 1. The Bertz CT molecular complexity index is 402. The van der Waals surface area contributed by atoms with E-state index in [0.717, 1.165) is 5.56 Å². The lowest BCUT2D eigenvalue weighted by Crippen LogP contribution is -2.19. The molecule has 4 heteroatoms. The van der Waals surface area contributed by atoms with Crippen LogP contribution in [-0.4, -0.2) is 24.5 Å². The van der Waals surface area contributed by atoms with Gasteiger partial charge in [-0.25, -0.2) is 0 Å². The summed E-state index contributed by atoms with van der Waals surface area (Å²) < 4.78 is 0. The molecule has 0 aliphatic rings. The van der Waals surface area contributed by atoms with Gasteiger partial charge < -0.3 is 10.4 Å². The molecule has 2 N–H and O–H groups in total. The Labute approximate surface area is 94.1 Å². The third kappa shape index (κ3) is 2.30. The van der Waals surface area contributed by atoms with E-state index in [2.05, 4.69) is 5.32 Å².